The van der Waals surface area contributed by atoms with E-state index in [1.807, 2.05) is 0 Å². The Kier molecular flexibility index (Phi) is 2.50. The number of fused-ring (bicyclic) bond motifs is 1. The summed E-state index contributed by atoms with van der Waals surface area (Å²) in [7, 11) is 0. The maximum atomic E-state index is 12.7. The summed E-state index contributed by atoms with van der Waals surface area (Å²) >= 11 is 8.54. The predicted octanol–water partition coefficient (Wildman–Crippen LogP) is 4.06. The zero-order chi connectivity index (χ0) is 12.1. The molecule has 0 atom stereocenters. The molecular formula is C8H2BrClF4O2. The van der Waals surface area contributed by atoms with Crippen molar-refractivity contribution in [1.82, 2.24) is 0 Å². The molecule has 0 aliphatic carbocycles. The van der Waals surface area contributed by atoms with E-state index in [1.54, 1.807) is 0 Å². The second kappa shape index (κ2) is 3.40. The van der Waals surface area contributed by atoms with Crippen LogP contribution in [0.15, 0.2) is 16.6 Å². The minimum Gasteiger partial charge on any atom is -0.421 e. The van der Waals surface area contributed by atoms with Gasteiger partial charge in [-0.2, -0.15) is 17.6 Å². The Labute approximate surface area is 100 Å². The van der Waals surface area contributed by atoms with Gasteiger partial charge in [0.15, 0.2) is 11.5 Å². The highest BCUT2D eigenvalue weighted by molar-refractivity contribution is 9.10. The van der Waals surface area contributed by atoms with Crippen molar-refractivity contribution in [2.45, 2.75) is 12.2 Å². The molecule has 0 fully saturated rings. The third-order valence-electron chi connectivity index (χ3n) is 1.80. The predicted molar refractivity (Wildman–Crippen MR) is 50.3 cm³/mol. The molecule has 0 N–H and O–H groups in total. The highest BCUT2D eigenvalue weighted by Gasteiger charge is 2.66. The number of ether oxygens (including phenoxy) is 2. The van der Waals surface area contributed by atoms with E-state index in [2.05, 4.69) is 25.4 Å². The molecule has 8 heteroatoms. The van der Waals surface area contributed by atoms with E-state index in [-0.39, 0.29) is 9.50 Å². The van der Waals surface area contributed by atoms with Crippen molar-refractivity contribution in [3.8, 4) is 11.5 Å². The van der Waals surface area contributed by atoms with Gasteiger partial charge in [0.25, 0.3) is 0 Å². The van der Waals surface area contributed by atoms with E-state index < -0.39 is 23.7 Å². The summed E-state index contributed by atoms with van der Waals surface area (Å²) in [4.78, 5) is 0. The molecule has 1 aliphatic heterocycles. The Morgan fingerprint density at radius 2 is 1.44 bits per heavy atom. The van der Waals surface area contributed by atoms with Crippen molar-refractivity contribution in [3.05, 3.63) is 21.6 Å². The summed E-state index contributed by atoms with van der Waals surface area (Å²) < 4.78 is 58.9. The first-order valence-corrected chi connectivity index (χ1v) is 5.03. The quantitative estimate of drug-likeness (QED) is 0.671. The lowest BCUT2D eigenvalue weighted by atomic mass is 10.3. The van der Waals surface area contributed by atoms with Gasteiger partial charge in [-0.05, 0) is 22.0 Å². The summed E-state index contributed by atoms with van der Waals surface area (Å²) in [6.45, 7) is 0. The van der Waals surface area contributed by atoms with Gasteiger partial charge in [-0.3, -0.25) is 0 Å². The van der Waals surface area contributed by atoms with Crippen LogP contribution in [0.3, 0.4) is 0 Å². The molecule has 1 aromatic carbocycles. The van der Waals surface area contributed by atoms with Crippen molar-refractivity contribution in [3.63, 3.8) is 0 Å². The molecule has 2 rings (SSSR count). The van der Waals surface area contributed by atoms with Crippen LogP contribution >= 0.6 is 27.5 Å². The first-order valence-electron chi connectivity index (χ1n) is 3.86. The number of hydrogen-bond donors (Lipinski definition) is 0. The van der Waals surface area contributed by atoms with Gasteiger partial charge < -0.3 is 9.47 Å². The SMILES string of the molecule is FC1(F)Oc2cc(Cl)c(Br)cc2OC1(F)F. The Morgan fingerprint density at radius 3 is 1.94 bits per heavy atom. The fourth-order valence-electron chi connectivity index (χ4n) is 1.06. The van der Waals surface area contributed by atoms with Crippen LogP contribution < -0.4 is 9.47 Å². The van der Waals surface area contributed by atoms with Gasteiger partial charge in [0, 0.05) is 10.5 Å². The average molecular weight is 321 g/mol. The van der Waals surface area contributed by atoms with Crippen LogP contribution in [0, 0.1) is 0 Å². The lowest BCUT2D eigenvalue weighted by Crippen LogP contribution is -2.52. The third kappa shape index (κ3) is 1.71. The Bertz CT molecular complexity index is 411. The van der Waals surface area contributed by atoms with Crippen LogP contribution in [0.4, 0.5) is 17.6 Å². The number of halogens is 6. The van der Waals surface area contributed by atoms with Gasteiger partial charge in [-0.1, -0.05) is 11.6 Å². The topological polar surface area (TPSA) is 18.5 Å². The lowest BCUT2D eigenvalue weighted by Gasteiger charge is -2.31. The van der Waals surface area contributed by atoms with E-state index in [1.165, 1.54) is 0 Å². The molecule has 1 aliphatic rings. The minimum absolute atomic E-state index is 0.0448. The Hall–Kier alpha value is -0.690. The van der Waals surface area contributed by atoms with Crippen molar-refractivity contribution < 1.29 is 27.0 Å². The molecule has 0 saturated carbocycles. The Morgan fingerprint density at radius 1 is 1.00 bits per heavy atom. The van der Waals surface area contributed by atoms with Crippen LogP contribution in [0.5, 0.6) is 11.5 Å². The number of benzene rings is 1. The molecular weight excluding hydrogens is 319 g/mol. The molecule has 0 bridgehead atoms. The largest absolute Gasteiger partial charge is 0.507 e. The molecule has 0 spiro atoms. The number of alkyl halides is 4. The van der Waals surface area contributed by atoms with Gasteiger partial charge in [-0.25, -0.2) is 0 Å². The molecule has 1 heterocycles. The standard InChI is InChI=1S/C8H2BrClF4O2/c9-3-1-5-6(2-4(3)10)16-8(13,14)7(11,12)15-5/h1-2H. The molecule has 1 aromatic rings. The summed E-state index contributed by atoms with van der Waals surface area (Å²) in [5.41, 5.74) is 0. The summed E-state index contributed by atoms with van der Waals surface area (Å²) in [6.07, 6.45) is -9.44. The molecule has 0 unspecified atom stereocenters. The maximum Gasteiger partial charge on any atom is 0.507 e. The summed E-state index contributed by atoms with van der Waals surface area (Å²) in [6, 6.07) is 1.99. The zero-order valence-electron chi connectivity index (χ0n) is 7.24. The van der Waals surface area contributed by atoms with E-state index in [4.69, 9.17) is 11.6 Å². The second-order valence-electron chi connectivity index (χ2n) is 2.95. The van der Waals surface area contributed by atoms with Gasteiger partial charge >= 0.3 is 12.2 Å². The minimum atomic E-state index is -4.73. The first-order chi connectivity index (χ1) is 7.23. The monoisotopic (exact) mass is 320 g/mol. The van der Waals surface area contributed by atoms with Gasteiger partial charge in [0.1, 0.15) is 0 Å². The smallest absolute Gasteiger partial charge is 0.421 e. The molecule has 16 heavy (non-hydrogen) atoms. The van der Waals surface area contributed by atoms with Gasteiger partial charge in [-0.15, -0.1) is 0 Å². The zero-order valence-corrected chi connectivity index (χ0v) is 9.58. The van der Waals surface area contributed by atoms with Crippen molar-refractivity contribution in [1.29, 1.82) is 0 Å². The van der Waals surface area contributed by atoms with Crippen LogP contribution in [0.25, 0.3) is 0 Å². The average Bonchev–Trinajstić information content (AvgIpc) is 2.10. The van der Waals surface area contributed by atoms with Gasteiger partial charge in [0.05, 0.1) is 5.02 Å². The van der Waals surface area contributed by atoms with E-state index >= 15 is 0 Å². The second-order valence-corrected chi connectivity index (χ2v) is 4.21. The molecule has 0 radical (unpaired) electrons. The van der Waals surface area contributed by atoms with Gasteiger partial charge in [0.2, 0.25) is 0 Å². The van der Waals surface area contributed by atoms with E-state index in [9.17, 15) is 17.6 Å². The summed E-state index contributed by atoms with van der Waals surface area (Å²) in [5, 5.41) is 0.0448. The van der Waals surface area contributed by atoms with E-state index in [0.717, 1.165) is 12.1 Å². The van der Waals surface area contributed by atoms with Crippen LogP contribution in [0.2, 0.25) is 5.02 Å². The first kappa shape index (κ1) is 11.8. The Balaban J connectivity index is 2.52. The maximum absolute atomic E-state index is 12.7. The van der Waals surface area contributed by atoms with Crippen molar-refractivity contribution in [2.75, 3.05) is 0 Å². The lowest BCUT2D eigenvalue weighted by molar-refractivity contribution is -0.391. The molecule has 0 saturated heterocycles. The van der Waals surface area contributed by atoms with Crippen LogP contribution in [-0.2, 0) is 0 Å². The molecule has 0 amide bonds. The fourth-order valence-corrected chi connectivity index (χ4v) is 1.54. The normalized spacial score (nSPS) is 20.6. The van der Waals surface area contributed by atoms with Crippen molar-refractivity contribution >= 4 is 27.5 Å². The van der Waals surface area contributed by atoms with Crippen molar-refractivity contribution in [2.24, 2.45) is 0 Å². The highest BCUT2D eigenvalue weighted by atomic mass is 79.9. The molecule has 2 nitrogen and oxygen atoms in total. The van der Waals surface area contributed by atoms with E-state index in [0.29, 0.717) is 0 Å². The van der Waals surface area contributed by atoms with Crippen LogP contribution in [0.1, 0.15) is 0 Å². The fraction of sp³-hybridized carbons (Fsp3) is 0.250. The number of hydrogen-bond acceptors (Lipinski definition) is 2. The third-order valence-corrected chi connectivity index (χ3v) is 3.00. The highest BCUT2D eigenvalue weighted by Crippen LogP contribution is 2.48. The summed E-state index contributed by atoms with van der Waals surface area (Å²) in [5.74, 6) is -1.05. The van der Waals surface area contributed by atoms with Crippen LogP contribution in [-0.4, -0.2) is 12.2 Å². The molecule has 0 aromatic heterocycles. The molecule has 88 valence electrons. The number of rotatable bonds is 0.